The Hall–Kier alpha value is -2.87. The molecule has 2 aromatic heterocycles. The van der Waals surface area contributed by atoms with Gasteiger partial charge in [0.2, 0.25) is 5.69 Å². The minimum atomic E-state index is -0.420. The zero-order valence-corrected chi connectivity index (χ0v) is 13.4. The molecule has 0 radical (unpaired) electrons. The molecule has 3 aromatic rings. The van der Waals surface area contributed by atoms with Crippen LogP contribution in [0.5, 0.6) is 0 Å². The van der Waals surface area contributed by atoms with E-state index in [2.05, 4.69) is 23.8 Å². The van der Waals surface area contributed by atoms with Gasteiger partial charge in [0.05, 0.1) is 12.3 Å². The minimum Gasteiger partial charge on any atom is -0.308 e. The Labute approximate surface area is 134 Å². The molecule has 23 heavy (non-hydrogen) atoms. The summed E-state index contributed by atoms with van der Waals surface area (Å²) in [5.41, 5.74) is 2.70. The van der Waals surface area contributed by atoms with Crippen LogP contribution >= 0.6 is 0 Å². The van der Waals surface area contributed by atoms with E-state index in [0.717, 1.165) is 11.3 Å². The highest BCUT2D eigenvalue weighted by atomic mass is 16.1. The van der Waals surface area contributed by atoms with Crippen LogP contribution in [0.4, 0.5) is 5.69 Å². The van der Waals surface area contributed by atoms with E-state index < -0.39 is 5.41 Å². The van der Waals surface area contributed by atoms with Gasteiger partial charge in [-0.25, -0.2) is 14.3 Å². The Kier molecular flexibility index (Phi) is 3.53. The number of rotatable bonds is 3. The third kappa shape index (κ3) is 2.23. The zero-order valence-electron chi connectivity index (χ0n) is 13.4. The van der Waals surface area contributed by atoms with Crippen molar-refractivity contribution in [2.45, 2.75) is 32.6 Å². The number of hydrogen-bond acceptors (Lipinski definition) is 2. The lowest BCUT2D eigenvalue weighted by atomic mass is 9.79. The topological polar surface area (TPSA) is 54.5 Å². The van der Waals surface area contributed by atoms with Crippen LogP contribution in [0.15, 0.2) is 41.3 Å². The lowest BCUT2D eigenvalue weighted by Crippen LogP contribution is -2.30. The lowest BCUT2D eigenvalue weighted by Gasteiger charge is -2.27. The number of aromatic nitrogens is 3. The molecule has 0 spiro atoms. The molecular weight excluding hydrogens is 288 g/mol. The average molecular weight is 306 g/mol. The maximum Gasteiger partial charge on any atom is 0.274 e. The highest BCUT2D eigenvalue weighted by molar-refractivity contribution is 5.68. The number of nitrogens with one attached hydrogen (secondary N) is 1. The van der Waals surface area contributed by atoms with Gasteiger partial charge in [0.1, 0.15) is 0 Å². The van der Waals surface area contributed by atoms with Gasteiger partial charge in [-0.1, -0.05) is 51.1 Å². The molecule has 0 saturated heterocycles. The molecule has 116 valence electrons. The van der Waals surface area contributed by atoms with Crippen molar-refractivity contribution in [3.05, 3.63) is 75.1 Å². The van der Waals surface area contributed by atoms with E-state index in [9.17, 15) is 4.79 Å². The average Bonchev–Trinajstić information content (AvgIpc) is 2.99. The molecule has 2 heterocycles. The number of aromatic amines is 1. The number of hydrogen-bond donors (Lipinski definition) is 1. The molecule has 0 saturated carbocycles. The summed E-state index contributed by atoms with van der Waals surface area (Å²) in [5.74, 6) is 0. The molecule has 0 aliphatic heterocycles. The predicted molar refractivity (Wildman–Crippen MR) is 90.0 cm³/mol. The number of benzene rings is 1. The summed E-state index contributed by atoms with van der Waals surface area (Å²) in [5, 5.41) is 2.83. The second-order valence-electron chi connectivity index (χ2n) is 6.02. The first-order chi connectivity index (χ1) is 11.0. The van der Waals surface area contributed by atoms with E-state index >= 15 is 0 Å². The Morgan fingerprint density at radius 3 is 2.61 bits per heavy atom. The van der Waals surface area contributed by atoms with Crippen LogP contribution in [-0.4, -0.2) is 14.6 Å². The molecule has 1 N–H and O–H groups in total. The summed E-state index contributed by atoms with van der Waals surface area (Å²) in [7, 11) is 0. The van der Waals surface area contributed by atoms with Crippen LogP contribution in [0.25, 0.3) is 10.5 Å². The molecule has 0 aliphatic carbocycles. The number of H-pyrrole nitrogens is 1. The smallest absolute Gasteiger partial charge is 0.274 e. The van der Waals surface area contributed by atoms with Gasteiger partial charge in [0.25, 0.3) is 5.56 Å². The first-order valence-corrected chi connectivity index (χ1v) is 7.57. The van der Waals surface area contributed by atoms with E-state index in [1.165, 1.54) is 10.7 Å². The Morgan fingerprint density at radius 2 is 2.00 bits per heavy atom. The predicted octanol–water partition coefficient (Wildman–Crippen LogP) is 3.46. The fraction of sp³-hybridized carbons (Fsp3) is 0.278. The summed E-state index contributed by atoms with van der Waals surface area (Å²) in [6.07, 6.45) is 2.11. The van der Waals surface area contributed by atoms with Crippen molar-refractivity contribution in [1.82, 2.24) is 14.6 Å². The summed E-state index contributed by atoms with van der Waals surface area (Å²) in [4.78, 5) is 20.9. The van der Waals surface area contributed by atoms with Crippen LogP contribution in [0.3, 0.4) is 0 Å². The summed E-state index contributed by atoms with van der Waals surface area (Å²) in [6, 6.07) is 10.0. The SMILES string of the molecule is [C-]#[N+]c1c[nH]n2c(=O)c(CC)c(C(C)(C)c3ccccc3)nc12. The number of nitrogens with zero attached hydrogens (tertiary/aromatic N) is 3. The van der Waals surface area contributed by atoms with Gasteiger partial charge < -0.3 is 5.10 Å². The molecule has 1 aromatic carbocycles. The van der Waals surface area contributed by atoms with Gasteiger partial charge in [0, 0.05) is 17.2 Å². The molecule has 0 atom stereocenters. The largest absolute Gasteiger partial charge is 0.308 e. The molecule has 5 nitrogen and oxygen atoms in total. The van der Waals surface area contributed by atoms with Crippen molar-refractivity contribution < 1.29 is 0 Å². The van der Waals surface area contributed by atoms with E-state index in [-0.39, 0.29) is 5.56 Å². The standard InChI is InChI=1S/C18H18N4O/c1-5-13-15(18(2,3)12-9-7-6-8-10-12)21-16-14(19-4)11-20-22(16)17(13)23/h6-11,20H,5H2,1-3H3. The van der Waals surface area contributed by atoms with Gasteiger partial charge in [-0.05, 0) is 12.0 Å². The van der Waals surface area contributed by atoms with Gasteiger partial charge in [-0.15, -0.1) is 0 Å². The van der Waals surface area contributed by atoms with Crippen LogP contribution in [0.1, 0.15) is 37.6 Å². The molecule has 3 rings (SSSR count). The second kappa shape index (κ2) is 5.40. The van der Waals surface area contributed by atoms with Crippen LogP contribution in [0.2, 0.25) is 0 Å². The van der Waals surface area contributed by atoms with Crippen molar-refractivity contribution >= 4 is 11.3 Å². The van der Waals surface area contributed by atoms with Gasteiger partial charge >= 0.3 is 0 Å². The number of fused-ring (bicyclic) bond motifs is 1. The molecule has 0 amide bonds. The summed E-state index contributed by atoms with van der Waals surface area (Å²) < 4.78 is 1.36. The lowest BCUT2D eigenvalue weighted by molar-refractivity contribution is 0.602. The Bertz CT molecular complexity index is 958. The van der Waals surface area contributed by atoms with Crippen molar-refractivity contribution in [2.75, 3.05) is 0 Å². The minimum absolute atomic E-state index is 0.133. The first kappa shape index (κ1) is 15.0. The van der Waals surface area contributed by atoms with Crippen molar-refractivity contribution in [1.29, 1.82) is 0 Å². The van der Waals surface area contributed by atoms with Crippen molar-refractivity contribution in [2.24, 2.45) is 0 Å². The fourth-order valence-corrected chi connectivity index (χ4v) is 2.95. The monoisotopic (exact) mass is 306 g/mol. The van der Waals surface area contributed by atoms with Crippen LogP contribution in [0, 0.1) is 6.57 Å². The Balaban J connectivity index is 2.37. The quantitative estimate of drug-likeness (QED) is 0.753. The third-order valence-electron chi connectivity index (χ3n) is 4.30. The fourth-order valence-electron chi connectivity index (χ4n) is 2.95. The van der Waals surface area contributed by atoms with Crippen LogP contribution in [-0.2, 0) is 11.8 Å². The maximum absolute atomic E-state index is 12.8. The highest BCUT2D eigenvalue weighted by Gasteiger charge is 2.29. The van der Waals surface area contributed by atoms with Crippen LogP contribution < -0.4 is 5.56 Å². The van der Waals surface area contributed by atoms with E-state index in [1.807, 2.05) is 37.3 Å². The normalized spacial score (nSPS) is 11.6. The van der Waals surface area contributed by atoms with Gasteiger partial charge in [0.15, 0.2) is 5.65 Å². The van der Waals surface area contributed by atoms with Gasteiger partial charge in [-0.3, -0.25) is 4.79 Å². The van der Waals surface area contributed by atoms with Crippen molar-refractivity contribution in [3.8, 4) is 0 Å². The van der Waals surface area contributed by atoms with E-state index in [4.69, 9.17) is 11.6 Å². The highest BCUT2D eigenvalue weighted by Crippen LogP contribution is 2.32. The molecular formula is C18H18N4O. The first-order valence-electron chi connectivity index (χ1n) is 7.57. The third-order valence-corrected chi connectivity index (χ3v) is 4.30. The Morgan fingerprint density at radius 1 is 1.30 bits per heavy atom. The van der Waals surface area contributed by atoms with Gasteiger partial charge in [-0.2, -0.15) is 0 Å². The summed E-state index contributed by atoms with van der Waals surface area (Å²) >= 11 is 0. The molecule has 5 heteroatoms. The van der Waals surface area contributed by atoms with E-state index in [1.54, 1.807) is 0 Å². The molecule has 0 bridgehead atoms. The second-order valence-corrected chi connectivity index (χ2v) is 6.02. The van der Waals surface area contributed by atoms with Crippen molar-refractivity contribution in [3.63, 3.8) is 0 Å². The molecule has 0 fully saturated rings. The molecule has 0 aliphatic rings. The maximum atomic E-state index is 12.8. The zero-order chi connectivity index (χ0) is 16.6. The van der Waals surface area contributed by atoms with E-state index in [0.29, 0.717) is 23.3 Å². The summed E-state index contributed by atoms with van der Waals surface area (Å²) in [6.45, 7) is 13.3. The molecule has 0 unspecified atom stereocenters.